The lowest BCUT2D eigenvalue weighted by Gasteiger charge is -2.25. The lowest BCUT2D eigenvalue weighted by molar-refractivity contribution is 0.628. The topological polar surface area (TPSA) is 0 Å². The van der Waals surface area contributed by atoms with Gasteiger partial charge in [-0.15, -0.1) is 0 Å². The van der Waals surface area contributed by atoms with Crippen molar-refractivity contribution in [2.75, 3.05) is 0 Å². The van der Waals surface area contributed by atoms with Crippen molar-refractivity contribution in [1.82, 2.24) is 0 Å². The molecule has 0 aromatic heterocycles. The second kappa shape index (κ2) is 9.61. The van der Waals surface area contributed by atoms with Gasteiger partial charge in [0.25, 0.3) is 0 Å². The molecule has 0 atom stereocenters. The largest absolute Gasteiger partial charge is 0.207 e. The molecule has 3 rings (SSSR count). The SMILES string of the molecule is Cc1c(-c2c(C(C)C)cccc2C(C)C)cc(F)cc1-c1c(C(C)C)cccc1C(C)C. The molecular formula is C31H39F. The molecule has 32 heavy (non-hydrogen) atoms. The van der Waals surface area contributed by atoms with E-state index in [0.29, 0.717) is 23.7 Å². The molecule has 0 spiro atoms. The third kappa shape index (κ3) is 4.53. The molecule has 3 aromatic carbocycles. The molecule has 1 heteroatoms. The third-order valence-corrected chi connectivity index (χ3v) is 6.66. The summed E-state index contributed by atoms with van der Waals surface area (Å²) < 4.78 is 15.3. The molecule has 0 amide bonds. The van der Waals surface area contributed by atoms with Gasteiger partial charge in [0, 0.05) is 0 Å². The molecule has 0 aliphatic rings. The van der Waals surface area contributed by atoms with Gasteiger partial charge in [0.15, 0.2) is 0 Å². The minimum Gasteiger partial charge on any atom is -0.207 e. The van der Waals surface area contributed by atoms with E-state index in [0.717, 1.165) is 16.7 Å². The normalized spacial score (nSPS) is 11.9. The fourth-order valence-electron chi connectivity index (χ4n) is 4.92. The standard InChI is InChI=1S/C31H39F/c1-18(2)24-12-10-13-25(19(3)4)30(24)28-16-23(32)17-29(22(28)9)31-26(20(5)6)14-11-15-27(31)21(7)8/h10-21H,1-9H3. The van der Waals surface area contributed by atoms with Crippen LogP contribution in [-0.2, 0) is 0 Å². The highest BCUT2D eigenvalue weighted by Crippen LogP contribution is 2.44. The Labute approximate surface area is 194 Å². The zero-order chi connectivity index (χ0) is 23.7. The summed E-state index contributed by atoms with van der Waals surface area (Å²) in [5, 5.41) is 0. The lowest BCUT2D eigenvalue weighted by Crippen LogP contribution is -2.05. The second-order valence-electron chi connectivity index (χ2n) is 10.4. The predicted molar refractivity (Wildman–Crippen MR) is 138 cm³/mol. The molecule has 0 nitrogen and oxygen atoms in total. The maximum absolute atomic E-state index is 15.3. The summed E-state index contributed by atoms with van der Waals surface area (Å²) in [6.45, 7) is 20.0. The van der Waals surface area contributed by atoms with Gasteiger partial charge in [0.05, 0.1) is 0 Å². The summed E-state index contributed by atoms with van der Waals surface area (Å²) in [4.78, 5) is 0. The van der Waals surface area contributed by atoms with Crippen LogP contribution < -0.4 is 0 Å². The van der Waals surface area contributed by atoms with Crippen LogP contribution in [0.15, 0.2) is 48.5 Å². The van der Waals surface area contributed by atoms with Crippen molar-refractivity contribution in [3.8, 4) is 22.3 Å². The van der Waals surface area contributed by atoms with E-state index in [1.54, 1.807) is 12.1 Å². The van der Waals surface area contributed by atoms with E-state index in [-0.39, 0.29) is 5.82 Å². The van der Waals surface area contributed by atoms with Gasteiger partial charge < -0.3 is 0 Å². The first-order chi connectivity index (χ1) is 15.0. The minimum atomic E-state index is -0.165. The zero-order valence-electron chi connectivity index (χ0n) is 21.3. The molecule has 0 N–H and O–H groups in total. The maximum atomic E-state index is 15.3. The van der Waals surface area contributed by atoms with Gasteiger partial charge in [-0.25, -0.2) is 4.39 Å². The molecule has 0 saturated carbocycles. The van der Waals surface area contributed by atoms with E-state index in [1.165, 1.54) is 33.4 Å². The van der Waals surface area contributed by atoms with Gasteiger partial charge in [0.2, 0.25) is 0 Å². The van der Waals surface area contributed by atoms with Gasteiger partial charge >= 0.3 is 0 Å². The van der Waals surface area contributed by atoms with Crippen LogP contribution in [-0.4, -0.2) is 0 Å². The molecule has 0 bridgehead atoms. The number of hydrogen-bond acceptors (Lipinski definition) is 0. The smallest absolute Gasteiger partial charge is 0.124 e. The highest BCUT2D eigenvalue weighted by atomic mass is 19.1. The molecule has 0 unspecified atom stereocenters. The molecule has 0 fully saturated rings. The van der Waals surface area contributed by atoms with Crippen molar-refractivity contribution >= 4 is 0 Å². The molecule has 0 radical (unpaired) electrons. The van der Waals surface area contributed by atoms with E-state index in [4.69, 9.17) is 0 Å². The van der Waals surface area contributed by atoms with Crippen LogP contribution in [0.25, 0.3) is 22.3 Å². The Balaban J connectivity index is 2.44. The number of halogens is 1. The van der Waals surface area contributed by atoms with Crippen molar-refractivity contribution in [2.24, 2.45) is 0 Å². The Morgan fingerprint density at radius 2 is 0.812 bits per heavy atom. The summed E-state index contributed by atoms with van der Waals surface area (Å²) >= 11 is 0. The van der Waals surface area contributed by atoms with Crippen LogP contribution in [0.1, 0.15) is 107 Å². The van der Waals surface area contributed by atoms with Crippen LogP contribution in [0.3, 0.4) is 0 Å². The average Bonchev–Trinajstić information content (AvgIpc) is 2.73. The van der Waals surface area contributed by atoms with E-state index >= 15 is 4.39 Å². The van der Waals surface area contributed by atoms with Gasteiger partial charge in [-0.2, -0.15) is 0 Å². The highest BCUT2D eigenvalue weighted by molar-refractivity contribution is 5.84. The van der Waals surface area contributed by atoms with E-state index in [2.05, 4.69) is 98.7 Å². The monoisotopic (exact) mass is 430 g/mol. The minimum absolute atomic E-state index is 0.165. The molecule has 3 aromatic rings. The Kier molecular flexibility index (Phi) is 7.28. The Morgan fingerprint density at radius 1 is 0.531 bits per heavy atom. The highest BCUT2D eigenvalue weighted by Gasteiger charge is 2.23. The summed E-state index contributed by atoms with van der Waals surface area (Å²) in [5.74, 6) is 1.29. The number of rotatable bonds is 6. The van der Waals surface area contributed by atoms with Gasteiger partial charge in [0.1, 0.15) is 5.82 Å². The first-order valence-electron chi connectivity index (χ1n) is 12.1. The second-order valence-corrected chi connectivity index (χ2v) is 10.4. The van der Waals surface area contributed by atoms with Crippen molar-refractivity contribution in [3.05, 3.63) is 82.2 Å². The van der Waals surface area contributed by atoms with Crippen molar-refractivity contribution in [1.29, 1.82) is 0 Å². The molecule has 0 heterocycles. The predicted octanol–water partition coefficient (Wildman–Crippen LogP) is 9.96. The molecule has 170 valence electrons. The zero-order valence-corrected chi connectivity index (χ0v) is 21.3. The molecule has 0 saturated heterocycles. The van der Waals surface area contributed by atoms with E-state index < -0.39 is 0 Å². The third-order valence-electron chi connectivity index (χ3n) is 6.66. The number of benzene rings is 3. The maximum Gasteiger partial charge on any atom is 0.124 e. The molecule has 0 aliphatic heterocycles. The Hall–Kier alpha value is -2.41. The summed E-state index contributed by atoms with van der Waals surface area (Å²) in [7, 11) is 0. The van der Waals surface area contributed by atoms with Crippen LogP contribution >= 0.6 is 0 Å². The van der Waals surface area contributed by atoms with Crippen LogP contribution in [0.2, 0.25) is 0 Å². The molecule has 0 aliphatic carbocycles. The van der Waals surface area contributed by atoms with Gasteiger partial charge in [-0.1, -0.05) is 91.8 Å². The van der Waals surface area contributed by atoms with Gasteiger partial charge in [-0.3, -0.25) is 0 Å². The summed E-state index contributed by atoms with van der Waals surface area (Å²) in [6.07, 6.45) is 0. The molecular weight excluding hydrogens is 391 g/mol. The van der Waals surface area contributed by atoms with E-state index in [1.807, 2.05) is 0 Å². The van der Waals surface area contributed by atoms with E-state index in [9.17, 15) is 0 Å². The first-order valence-corrected chi connectivity index (χ1v) is 12.1. The number of hydrogen-bond donors (Lipinski definition) is 0. The van der Waals surface area contributed by atoms with Crippen molar-refractivity contribution in [3.63, 3.8) is 0 Å². The van der Waals surface area contributed by atoms with Crippen molar-refractivity contribution in [2.45, 2.75) is 86.0 Å². The Bertz CT molecular complexity index is 962. The van der Waals surface area contributed by atoms with Crippen molar-refractivity contribution < 1.29 is 4.39 Å². The summed E-state index contributed by atoms with van der Waals surface area (Å²) in [6, 6.07) is 16.6. The quantitative estimate of drug-likeness (QED) is 0.365. The summed E-state index contributed by atoms with van der Waals surface area (Å²) in [5.41, 5.74) is 10.8. The first kappa shape index (κ1) is 24.2. The van der Waals surface area contributed by atoms with Crippen LogP contribution in [0.5, 0.6) is 0 Å². The lowest BCUT2D eigenvalue weighted by atomic mass is 9.79. The fraction of sp³-hybridized carbons (Fsp3) is 0.419. The Morgan fingerprint density at radius 3 is 1.06 bits per heavy atom. The fourth-order valence-corrected chi connectivity index (χ4v) is 4.92. The average molecular weight is 431 g/mol. The van der Waals surface area contributed by atoms with Crippen LogP contribution in [0, 0.1) is 12.7 Å². The van der Waals surface area contributed by atoms with Gasteiger partial charge in [-0.05, 0) is 92.8 Å². The van der Waals surface area contributed by atoms with Crippen LogP contribution in [0.4, 0.5) is 4.39 Å².